The predicted octanol–water partition coefficient (Wildman–Crippen LogP) is 2.47. The Balaban J connectivity index is 3.02. The van der Waals surface area contributed by atoms with Crippen molar-refractivity contribution in [2.45, 2.75) is 18.7 Å². The van der Waals surface area contributed by atoms with Crippen molar-refractivity contribution in [3.63, 3.8) is 0 Å². The van der Waals surface area contributed by atoms with Gasteiger partial charge >= 0.3 is 5.97 Å². The van der Waals surface area contributed by atoms with E-state index in [0.717, 1.165) is 0 Å². The highest BCUT2D eigenvalue weighted by molar-refractivity contribution is 6.17. The lowest BCUT2D eigenvalue weighted by molar-refractivity contribution is -0.139. The van der Waals surface area contributed by atoms with Gasteiger partial charge in [-0.15, -0.1) is 11.6 Å². The molecule has 1 rings (SSSR count). The van der Waals surface area contributed by atoms with Gasteiger partial charge in [0.25, 0.3) is 6.43 Å². The van der Waals surface area contributed by atoms with Crippen molar-refractivity contribution in [1.29, 1.82) is 0 Å². The molecule has 0 saturated carbocycles. The number of halogens is 3. The van der Waals surface area contributed by atoms with Crippen LogP contribution in [-0.4, -0.2) is 18.1 Å². The van der Waals surface area contributed by atoms with Crippen molar-refractivity contribution in [1.82, 2.24) is 4.98 Å². The molecule has 88 valence electrons. The second kappa shape index (κ2) is 5.75. The van der Waals surface area contributed by atoms with E-state index in [-0.39, 0.29) is 23.7 Å². The van der Waals surface area contributed by atoms with E-state index in [2.05, 4.69) is 9.72 Å². The van der Waals surface area contributed by atoms with E-state index in [1.165, 1.54) is 19.2 Å². The summed E-state index contributed by atoms with van der Waals surface area (Å²) < 4.78 is 29.2. The van der Waals surface area contributed by atoms with Crippen molar-refractivity contribution >= 4 is 17.6 Å². The molecule has 0 atom stereocenters. The maximum atomic E-state index is 12.4. The van der Waals surface area contributed by atoms with Gasteiger partial charge in [0.2, 0.25) is 0 Å². The highest BCUT2D eigenvalue weighted by atomic mass is 35.5. The molecule has 0 aliphatic rings. The first-order valence-electron chi connectivity index (χ1n) is 4.48. The zero-order chi connectivity index (χ0) is 12.1. The largest absolute Gasteiger partial charge is 0.469 e. The number of esters is 1. The van der Waals surface area contributed by atoms with E-state index in [1.807, 2.05) is 0 Å². The van der Waals surface area contributed by atoms with Crippen LogP contribution < -0.4 is 0 Å². The molecule has 0 saturated heterocycles. The van der Waals surface area contributed by atoms with Gasteiger partial charge < -0.3 is 4.74 Å². The molecule has 0 spiro atoms. The summed E-state index contributed by atoms with van der Waals surface area (Å²) in [6.07, 6.45) is -2.82. The fourth-order valence-corrected chi connectivity index (χ4v) is 1.40. The Bertz CT molecular complexity index is 385. The highest BCUT2D eigenvalue weighted by Crippen LogP contribution is 2.19. The molecule has 0 aromatic carbocycles. The number of carbonyl (C=O) groups is 1. The second-order valence-electron chi connectivity index (χ2n) is 3.03. The Morgan fingerprint density at radius 1 is 1.56 bits per heavy atom. The van der Waals surface area contributed by atoms with E-state index >= 15 is 0 Å². The zero-order valence-electron chi connectivity index (χ0n) is 8.54. The van der Waals surface area contributed by atoms with Crippen LogP contribution in [0.3, 0.4) is 0 Å². The van der Waals surface area contributed by atoms with Crippen LogP contribution in [0.5, 0.6) is 0 Å². The molecule has 16 heavy (non-hydrogen) atoms. The Morgan fingerprint density at radius 2 is 2.25 bits per heavy atom. The summed E-state index contributed by atoms with van der Waals surface area (Å²) in [5.74, 6) is -0.423. The second-order valence-corrected chi connectivity index (χ2v) is 3.30. The van der Waals surface area contributed by atoms with Gasteiger partial charge in [0.1, 0.15) is 5.69 Å². The standard InChI is InChI=1S/C10H10ClF2NO2/c1-16-9(15)4-8-6(5-11)2-3-7(14-8)10(12)13/h2-3,10H,4-5H2,1H3. The van der Waals surface area contributed by atoms with E-state index in [4.69, 9.17) is 11.6 Å². The molecule has 1 aromatic rings. The number of carbonyl (C=O) groups excluding carboxylic acids is 1. The average molecular weight is 250 g/mol. The maximum Gasteiger partial charge on any atom is 0.311 e. The minimum Gasteiger partial charge on any atom is -0.469 e. The third-order valence-electron chi connectivity index (χ3n) is 2.00. The first-order chi connectivity index (χ1) is 7.58. The maximum absolute atomic E-state index is 12.4. The lowest BCUT2D eigenvalue weighted by Crippen LogP contribution is -2.09. The highest BCUT2D eigenvalue weighted by Gasteiger charge is 2.14. The molecular weight excluding hydrogens is 240 g/mol. The third-order valence-corrected chi connectivity index (χ3v) is 2.28. The number of nitrogens with zero attached hydrogens (tertiary/aromatic N) is 1. The number of rotatable bonds is 4. The predicted molar refractivity (Wildman–Crippen MR) is 54.5 cm³/mol. The number of pyridine rings is 1. The van der Waals surface area contributed by atoms with Gasteiger partial charge in [0.15, 0.2) is 0 Å². The van der Waals surface area contributed by atoms with Crippen molar-refractivity contribution < 1.29 is 18.3 Å². The monoisotopic (exact) mass is 249 g/mol. The lowest BCUT2D eigenvalue weighted by Gasteiger charge is -2.07. The Labute approximate surface area is 96.4 Å². The van der Waals surface area contributed by atoms with Crippen molar-refractivity contribution in [3.8, 4) is 0 Å². The molecule has 0 aliphatic carbocycles. The fourth-order valence-electron chi connectivity index (χ4n) is 1.15. The number of hydrogen-bond acceptors (Lipinski definition) is 3. The van der Waals surface area contributed by atoms with Gasteiger partial charge in [0.05, 0.1) is 19.2 Å². The van der Waals surface area contributed by atoms with Crippen LogP contribution in [0.25, 0.3) is 0 Å². The van der Waals surface area contributed by atoms with Crippen molar-refractivity contribution in [3.05, 3.63) is 29.1 Å². The first kappa shape index (κ1) is 12.8. The summed E-state index contributed by atoms with van der Waals surface area (Å²) in [5, 5.41) is 0. The zero-order valence-corrected chi connectivity index (χ0v) is 9.30. The number of alkyl halides is 3. The SMILES string of the molecule is COC(=O)Cc1nc(C(F)F)ccc1CCl. The van der Waals surface area contributed by atoms with E-state index < -0.39 is 12.4 Å². The van der Waals surface area contributed by atoms with Crippen LogP contribution >= 0.6 is 11.6 Å². The molecule has 1 aromatic heterocycles. The van der Waals surface area contributed by atoms with Crippen LogP contribution in [0.1, 0.15) is 23.4 Å². The summed E-state index contributed by atoms with van der Waals surface area (Å²) in [6, 6.07) is 2.64. The minimum atomic E-state index is -2.67. The van der Waals surface area contributed by atoms with Crippen LogP contribution in [0, 0.1) is 0 Å². The number of methoxy groups -OCH3 is 1. The van der Waals surface area contributed by atoms with Crippen molar-refractivity contribution in [2.24, 2.45) is 0 Å². The molecule has 0 N–H and O–H groups in total. The lowest BCUT2D eigenvalue weighted by atomic mass is 10.1. The Hall–Kier alpha value is -1.23. The molecule has 1 heterocycles. The summed E-state index contributed by atoms with van der Waals surface area (Å²) in [5.41, 5.74) is 0.420. The van der Waals surface area contributed by atoms with Gasteiger partial charge in [0, 0.05) is 5.88 Å². The van der Waals surface area contributed by atoms with E-state index in [9.17, 15) is 13.6 Å². The van der Waals surface area contributed by atoms with Crippen LogP contribution in [0.4, 0.5) is 8.78 Å². The average Bonchev–Trinajstić information content (AvgIpc) is 2.28. The molecule has 0 bridgehead atoms. The molecular formula is C10H10ClF2NO2. The molecule has 3 nitrogen and oxygen atoms in total. The van der Waals surface area contributed by atoms with Gasteiger partial charge in [-0.3, -0.25) is 9.78 Å². The van der Waals surface area contributed by atoms with Gasteiger partial charge in [-0.2, -0.15) is 0 Å². The van der Waals surface area contributed by atoms with Gasteiger partial charge in [-0.05, 0) is 11.6 Å². The summed E-state index contributed by atoms with van der Waals surface area (Å²) in [7, 11) is 1.22. The first-order valence-corrected chi connectivity index (χ1v) is 5.01. The summed E-state index contributed by atoms with van der Waals surface area (Å²) in [6.45, 7) is 0. The molecule has 6 heteroatoms. The van der Waals surface area contributed by atoms with Gasteiger partial charge in [-0.25, -0.2) is 8.78 Å². The van der Waals surface area contributed by atoms with Gasteiger partial charge in [-0.1, -0.05) is 6.07 Å². The van der Waals surface area contributed by atoms with E-state index in [0.29, 0.717) is 5.56 Å². The summed E-state index contributed by atoms with van der Waals surface area (Å²) in [4.78, 5) is 14.7. The minimum absolute atomic E-state index is 0.114. The summed E-state index contributed by atoms with van der Waals surface area (Å²) >= 11 is 5.61. The smallest absolute Gasteiger partial charge is 0.311 e. The molecule has 0 aliphatic heterocycles. The Kier molecular flexibility index (Phi) is 4.61. The number of ether oxygens (including phenoxy) is 1. The fraction of sp³-hybridized carbons (Fsp3) is 0.400. The molecule has 0 amide bonds. The number of hydrogen-bond donors (Lipinski definition) is 0. The topological polar surface area (TPSA) is 39.2 Å². The third kappa shape index (κ3) is 3.13. The number of aromatic nitrogens is 1. The quantitative estimate of drug-likeness (QED) is 0.608. The van der Waals surface area contributed by atoms with E-state index in [1.54, 1.807) is 0 Å². The van der Waals surface area contributed by atoms with Crippen LogP contribution in [0.15, 0.2) is 12.1 Å². The van der Waals surface area contributed by atoms with Crippen LogP contribution in [-0.2, 0) is 21.8 Å². The normalized spacial score (nSPS) is 10.6. The molecule has 0 unspecified atom stereocenters. The van der Waals surface area contributed by atoms with Crippen molar-refractivity contribution in [2.75, 3.05) is 7.11 Å². The molecule has 0 radical (unpaired) electrons. The Morgan fingerprint density at radius 3 is 2.75 bits per heavy atom. The molecule has 0 fully saturated rings. The van der Waals surface area contributed by atoms with Crippen LogP contribution in [0.2, 0.25) is 0 Å².